The van der Waals surface area contributed by atoms with E-state index in [1.54, 1.807) is 24.0 Å². The number of para-hydroxylation sites is 2. The Kier molecular flexibility index (Phi) is 11.8. The normalized spacial score (nSPS) is 14.7. The summed E-state index contributed by atoms with van der Waals surface area (Å²) >= 11 is 0. The first-order chi connectivity index (χ1) is 29.7. The molecule has 2 aliphatic rings. The number of hydrogen-bond donors (Lipinski definition) is 1. The minimum atomic E-state index is -4.17. The van der Waals surface area contributed by atoms with Crippen LogP contribution in [0.3, 0.4) is 0 Å². The highest BCUT2D eigenvalue weighted by Gasteiger charge is 2.28. The summed E-state index contributed by atoms with van der Waals surface area (Å²) in [5.41, 5.74) is 1.59. The fourth-order valence-corrected chi connectivity index (χ4v) is 8.50. The molecule has 18 nitrogen and oxygen atoms in total. The number of ether oxygens (including phenoxy) is 2. The number of halogens is 1. The maximum Gasteiger partial charge on any atom is 0.414 e. The van der Waals surface area contributed by atoms with Crippen molar-refractivity contribution in [3.8, 4) is 11.7 Å². The van der Waals surface area contributed by atoms with Gasteiger partial charge in [-0.2, -0.15) is 15.0 Å². The molecule has 3 aromatic carbocycles. The molecule has 5 heterocycles. The fourth-order valence-electron chi connectivity index (χ4n) is 7.46. The SMILES string of the molecule is Cc1c(Cc2cccc(NS(=O)(=O)CCC(=O)N3CCN(c4nc(N5CCOCC5)nc(-n5c(C)nc6ccccc65)n4)CC3)c2F)c(=O)oc2cc(OC(=O)N(C)C)ccc12. The molecule has 3 aromatic heterocycles. The zero-order chi connectivity index (χ0) is 43.7. The Hall–Kier alpha value is -6.67. The van der Waals surface area contributed by atoms with E-state index in [1.807, 2.05) is 40.7 Å². The molecule has 324 valence electrons. The van der Waals surface area contributed by atoms with Crippen LogP contribution in [0.2, 0.25) is 0 Å². The lowest BCUT2D eigenvalue weighted by Crippen LogP contribution is -2.49. The van der Waals surface area contributed by atoms with Gasteiger partial charge in [-0.1, -0.05) is 24.3 Å². The number of nitrogens with one attached hydrogen (secondary N) is 1. The number of rotatable bonds is 11. The van der Waals surface area contributed by atoms with Crippen molar-refractivity contribution in [2.45, 2.75) is 26.7 Å². The van der Waals surface area contributed by atoms with Crippen LogP contribution in [-0.4, -0.2) is 127 Å². The van der Waals surface area contributed by atoms with E-state index in [1.165, 1.54) is 43.3 Å². The number of carbonyl (C=O) groups is 2. The van der Waals surface area contributed by atoms with E-state index < -0.39 is 33.3 Å². The first kappa shape index (κ1) is 42.0. The second-order valence-corrected chi connectivity index (χ2v) is 17.1. The molecular weight excluding hydrogens is 824 g/mol. The second-order valence-electron chi connectivity index (χ2n) is 15.2. The van der Waals surface area contributed by atoms with Gasteiger partial charge in [-0.3, -0.25) is 14.1 Å². The van der Waals surface area contributed by atoms with Gasteiger partial charge in [0, 0.05) is 83.2 Å². The molecule has 8 rings (SSSR count). The van der Waals surface area contributed by atoms with Crippen molar-refractivity contribution < 1.29 is 36.3 Å². The number of amides is 2. The monoisotopic (exact) mass is 868 g/mol. The first-order valence-electron chi connectivity index (χ1n) is 20.0. The minimum Gasteiger partial charge on any atom is -0.422 e. The van der Waals surface area contributed by atoms with Crippen LogP contribution in [0.4, 0.5) is 26.8 Å². The van der Waals surface area contributed by atoms with Crippen molar-refractivity contribution in [3.05, 3.63) is 99.4 Å². The third kappa shape index (κ3) is 8.87. The highest BCUT2D eigenvalue weighted by molar-refractivity contribution is 7.92. The molecule has 0 spiro atoms. The zero-order valence-corrected chi connectivity index (χ0v) is 35.4. The maximum atomic E-state index is 15.9. The first-order valence-corrected chi connectivity index (χ1v) is 21.7. The molecule has 2 aliphatic heterocycles. The Labute approximate surface area is 355 Å². The van der Waals surface area contributed by atoms with E-state index in [0.29, 0.717) is 81.3 Å². The molecule has 0 saturated carbocycles. The standard InChI is InChI=1S/C42H45FN10O8S/c1-26-30-13-12-29(60-42(56)49(3)4)25-35(30)61-38(55)31(26)24-28-8-7-10-33(37(28)43)48-62(57,58)23-14-36(54)50-15-17-51(18-16-50)39-45-40(52-19-21-59-22-20-52)47-41(46-39)53-27(2)44-32-9-5-6-11-34(32)53/h5-13,25,48H,14-24H2,1-4H3. The smallest absolute Gasteiger partial charge is 0.414 e. The van der Waals surface area contributed by atoms with Gasteiger partial charge in [-0.25, -0.2) is 27.4 Å². The summed E-state index contributed by atoms with van der Waals surface area (Å²) in [6.07, 6.45) is -1.12. The molecule has 0 atom stereocenters. The number of hydrogen-bond acceptors (Lipinski definition) is 14. The average molecular weight is 869 g/mol. The highest BCUT2D eigenvalue weighted by Crippen LogP contribution is 2.28. The van der Waals surface area contributed by atoms with E-state index in [9.17, 15) is 22.8 Å². The number of imidazole rings is 1. The predicted octanol–water partition coefficient (Wildman–Crippen LogP) is 4.04. The molecular formula is C42H45FN10O8S. The number of aryl methyl sites for hydroxylation is 2. The van der Waals surface area contributed by atoms with Crippen LogP contribution >= 0.6 is 0 Å². The van der Waals surface area contributed by atoms with E-state index in [4.69, 9.17) is 33.8 Å². The maximum absolute atomic E-state index is 15.9. The Morgan fingerprint density at radius 3 is 2.29 bits per heavy atom. The van der Waals surface area contributed by atoms with Gasteiger partial charge in [0.2, 0.25) is 33.8 Å². The third-order valence-corrected chi connectivity index (χ3v) is 12.1. The van der Waals surface area contributed by atoms with E-state index in [0.717, 1.165) is 16.9 Å². The molecule has 0 aliphatic carbocycles. The summed E-state index contributed by atoms with van der Waals surface area (Å²) in [4.78, 5) is 64.6. The van der Waals surface area contributed by atoms with Crippen molar-refractivity contribution in [2.24, 2.45) is 0 Å². The number of morpholine rings is 1. The molecule has 2 fully saturated rings. The minimum absolute atomic E-state index is 0.0568. The van der Waals surface area contributed by atoms with Crippen LogP contribution in [0.1, 0.15) is 28.9 Å². The quantitative estimate of drug-likeness (QED) is 0.183. The summed E-state index contributed by atoms with van der Waals surface area (Å²) in [7, 11) is -1.10. The Morgan fingerprint density at radius 1 is 0.871 bits per heavy atom. The van der Waals surface area contributed by atoms with Crippen molar-refractivity contribution in [3.63, 3.8) is 0 Å². The fraction of sp³-hybridized carbons (Fsp3) is 0.357. The summed E-state index contributed by atoms with van der Waals surface area (Å²) < 4.78 is 62.9. The lowest BCUT2D eigenvalue weighted by molar-refractivity contribution is -0.131. The van der Waals surface area contributed by atoms with Crippen molar-refractivity contribution in [2.75, 3.05) is 86.9 Å². The van der Waals surface area contributed by atoms with Crippen molar-refractivity contribution >= 4 is 61.6 Å². The molecule has 0 radical (unpaired) electrons. The Balaban J connectivity index is 0.908. The topological polar surface area (TPSA) is 198 Å². The number of anilines is 3. The lowest BCUT2D eigenvalue weighted by Gasteiger charge is -2.35. The van der Waals surface area contributed by atoms with Crippen molar-refractivity contribution in [1.29, 1.82) is 0 Å². The third-order valence-electron chi connectivity index (χ3n) is 10.9. The van der Waals surface area contributed by atoms with E-state index in [-0.39, 0.29) is 46.9 Å². The summed E-state index contributed by atoms with van der Waals surface area (Å²) in [6.45, 7) is 7.32. The summed E-state index contributed by atoms with van der Waals surface area (Å²) in [5, 5.41) is 0.555. The Bertz CT molecular complexity index is 2850. The average Bonchev–Trinajstić information content (AvgIpc) is 3.61. The van der Waals surface area contributed by atoms with Gasteiger partial charge in [0.05, 0.1) is 35.7 Å². The van der Waals surface area contributed by atoms with Gasteiger partial charge in [0.15, 0.2) is 5.82 Å². The number of sulfonamides is 1. The van der Waals surface area contributed by atoms with Gasteiger partial charge in [-0.15, -0.1) is 0 Å². The number of carbonyl (C=O) groups excluding carboxylic acids is 2. The largest absolute Gasteiger partial charge is 0.422 e. The number of benzene rings is 3. The molecule has 2 saturated heterocycles. The number of aromatic nitrogens is 5. The number of nitrogens with zero attached hydrogens (tertiary/aromatic N) is 9. The van der Waals surface area contributed by atoms with Crippen LogP contribution in [0.25, 0.3) is 28.0 Å². The molecule has 2 amide bonds. The van der Waals surface area contributed by atoms with Gasteiger partial charge in [0.25, 0.3) is 0 Å². The van der Waals surface area contributed by atoms with Crippen molar-refractivity contribution in [1.82, 2.24) is 34.3 Å². The van der Waals surface area contributed by atoms with Crippen LogP contribution < -0.4 is 24.9 Å². The number of piperazine rings is 1. The summed E-state index contributed by atoms with van der Waals surface area (Å²) in [5.74, 6) is 0.492. The molecule has 62 heavy (non-hydrogen) atoms. The predicted molar refractivity (Wildman–Crippen MR) is 229 cm³/mol. The van der Waals surface area contributed by atoms with Gasteiger partial charge in [0.1, 0.15) is 17.2 Å². The summed E-state index contributed by atoms with van der Waals surface area (Å²) in [6, 6.07) is 16.6. The second kappa shape index (κ2) is 17.4. The van der Waals surface area contributed by atoms with Crippen LogP contribution in [0.5, 0.6) is 5.75 Å². The molecule has 6 aromatic rings. The molecule has 0 bridgehead atoms. The molecule has 1 N–H and O–H groups in total. The van der Waals surface area contributed by atoms with Gasteiger partial charge in [-0.05, 0) is 55.3 Å². The van der Waals surface area contributed by atoms with Gasteiger partial charge >= 0.3 is 11.7 Å². The van der Waals surface area contributed by atoms with E-state index in [2.05, 4.69) is 9.62 Å². The zero-order valence-electron chi connectivity index (χ0n) is 34.6. The molecule has 20 heteroatoms. The van der Waals surface area contributed by atoms with Crippen LogP contribution in [-0.2, 0) is 26.0 Å². The van der Waals surface area contributed by atoms with E-state index >= 15 is 4.39 Å². The Morgan fingerprint density at radius 2 is 1.56 bits per heavy atom. The van der Waals surface area contributed by atoms with Gasteiger partial charge < -0.3 is 33.5 Å². The highest BCUT2D eigenvalue weighted by atomic mass is 32.2. The molecule has 0 unspecified atom stereocenters. The number of fused-ring (bicyclic) bond motifs is 2. The lowest BCUT2D eigenvalue weighted by atomic mass is 9.99. The van der Waals surface area contributed by atoms with Crippen LogP contribution in [0.15, 0.2) is 69.9 Å². The van der Waals surface area contributed by atoms with Crippen LogP contribution in [0, 0.1) is 19.7 Å².